The molecule has 0 radical (unpaired) electrons. The molecule has 1 saturated heterocycles. The quantitative estimate of drug-likeness (QED) is 0.628. The summed E-state index contributed by atoms with van der Waals surface area (Å²) in [6.07, 6.45) is 3.43. The number of nitrogens with zero attached hydrogens (tertiary/aromatic N) is 4. The number of sulfonamides is 2. The Kier molecular flexibility index (Phi) is 6.87. The van der Waals surface area contributed by atoms with Gasteiger partial charge in [0.05, 0.1) is 23.7 Å². The average molecular weight is 486 g/mol. The third-order valence-corrected chi connectivity index (χ3v) is 7.99. The lowest BCUT2D eigenvalue weighted by Crippen LogP contribution is -2.46. The van der Waals surface area contributed by atoms with Gasteiger partial charge in [-0.05, 0) is 37.0 Å². The lowest BCUT2D eigenvalue weighted by molar-refractivity contribution is 0.0919. The predicted octanol–water partition coefficient (Wildman–Crippen LogP) is 1.15. The van der Waals surface area contributed by atoms with Crippen LogP contribution >= 0.6 is 0 Å². The molecule has 2 heterocycles. The zero-order valence-electron chi connectivity index (χ0n) is 19.1. The molecule has 1 N–H and O–H groups in total. The average Bonchev–Trinajstić information content (AvgIpc) is 3.01. The third-order valence-electron chi connectivity index (χ3n) is 5.53. The molecule has 2 aromatic rings. The molecule has 0 bridgehead atoms. The van der Waals surface area contributed by atoms with E-state index in [2.05, 4.69) is 10.4 Å². The van der Waals surface area contributed by atoms with Crippen LogP contribution in [0.4, 0.5) is 5.69 Å². The molecule has 1 aliphatic rings. The van der Waals surface area contributed by atoms with E-state index in [4.69, 9.17) is 0 Å². The molecule has 32 heavy (non-hydrogen) atoms. The maximum Gasteiger partial charge on any atom is 0.272 e. The molecule has 0 saturated carbocycles. The fourth-order valence-corrected chi connectivity index (χ4v) is 5.86. The van der Waals surface area contributed by atoms with Crippen molar-refractivity contribution in [3.05, 3.63) is 23.9 Å². The van der Waals surface area contributed by atoms with Crippen LogP contribution in [-0.2, 0) is 27.1 Å². The minimum absolute atomic E-state index is 0.136. The van der Waals surface area contributed by atoms with Crippen LogP contribution in [0.15, 0.2) is 18.2 Å². The van der Waals surface area contributed by atoms with Crippen molar-refractivity contribution in [2.45, 2.75) is 32.7 Å². The molecule has 178 valence electrons. The van der Waals surface area contributed by atoms with Gasteiger partial charge in [0.2, 0.25) is 20.0 Å². The van der Waals surface area contributed by atoms with Crippen LogP contribution in [0, 0.1) is 5.92 Å². The summed E-state index contributed by atoms with van der Waals surface area (Å²) >= 11 is 0. The first-order valence-electron chi connectivity index (χ1n) is 10.5. The number of rotatable bonds is 7. The van der Waals surface area contributed by atoms with Gasteiger partial charge < -0.3 is 5.32 Å². The number of piperidine rings is 1. The summed E-state index contributed by atoms with van der Waals surface area (Å²) in [6, 6.07) is 5.00. The number of benzene rings is 1. The standard InChI is InChI=1S/C20H31N5O5S2/c1-14(2)13-25(32(5,29)30)16-6-7-17-18(12-16)23(3)22-19(17)20(26)21-15-8-10-24(11-9-15)31(4,27)28/h6-7,12,14-15H,8-11,13H2,1-5H3,(H,21,26). The number of amides is 1. The van der Waals surface area contributed by atoms with Crippen molar-refractivity contribution in [2.75, 3.05) is 36.5 Å². The molecule has 1 aromatic heterocycles. The second kappa shape index (κ2) is 8.99. The second-order valence-electron chi connectivity index (χ2n) is 8.77. The first-order valence-corrected chi connectivity index (χ1v) is 14.2. The predicted molar refractivity (Wildman–Crippen MR) is 125 cm³/mol. The van der Waals surface area contributed by atoms with Crippen molar-refractivity contribution in [2.24, 2.45) is 13.0 Å². The van der Waals surface area contributed by atoms with Crippen molar-refractivity contribution in [1.29, 1.82) is 0 Å². The molecule has 1 aromatic carbocycles. The first-order chi connectivity index (χ1) is 14.8. The van der Waals surface area contributed by atoms with E-state index < -0.39 is 20.0 Å². The molecule has 10 nitrogen and oxygen atoms in total. The van der Waals surface area contributed by atoms with Gasteiger partial charge in [-0.1, -0.05) is 13.8 Å². The van der Waals surface area contributed by atoms with Gasteiger partial charge in [0.1, 0.15) is 0 Å². The van der Waals surface area contributed by atoms with Crippen LogP contribution in [0.25, 0.3) is 10.9 Å². The van der Waals surface area contributed by atoms with Crippen LogP contribution in [-0.4, -0.2) is 75.0 Å². The number of hydrogen-bond acceptors (Lipinski definition) is 6. The molecule has 1 aliphatic heterocycles. The zero-order chi connectivity index (χ0) is 23.8. The number of carbonyl (C=O) groups is 1. The molecule has 3 rings (SSSR count). The summed E-state index contributed by atoms with van der Waals surface area (Å²) in [5.74, 6) is -0.189. The normalized spacial score (nSPS) is 16.6. The molecule has 0 spiro atoms. The summed E-state index contributed by atoms with van der Waals surface area (Å²) in [7, 11) is -4.98. The number of aryl methyl sites for hydroxylation is 1. The summed E-state index contributed by atoms with van der Waals surface area (Å²) < 4.78 is 52.3. The Labute approximate surface area is 189 Å². The SMILES string of the molecule is CC(C)CN(c1ccc2c(C(=O)NC3CCN(S(C)(=O)=O)CC3)nn(C)c2c1)S(C)(=O)=O. The van der Waals surface area contributed by atoms with Crippen molar-refractivity contribution < 1.29 is 21.6 Å². The van der Waals surface area contributed by atoms with Gasteiger partial charge in [0, 0.05) is 38.1 Å². The first kappa shape index (κ1) is 24.5. The van der Waals surface area contributed by atoms with E-state index in [1.165, 1.54) is 21.1 Å². The van der Waals surface area contributed by atoms with E-state index in [0.717, 1.165) is 0 Å². The Bertz CT molecular complexity index is 1210. The second-order valence-corrected chi connectivity index (χ2v) is 12.7. The van der Waals surface area contributed by atoms with Crippen molar-refractivity contribution >= 4 is 42.5 Å². The van der Waals surface area contributed by atoms with Crippen LogP contribution in [0.2, 0.25) is 0 Å². The largest absolute Gasteiger partial charge is 0.348 e. The Balaban J connectivity index is 1.82. The number of nitrogens with one attached hydrogen (secondary N) is 1. The Morgan fingerprint density at radius 1 is 1.19 bits per heavy atom. The van der Waals surface area contributed by atoms with E-state index in [0.29, 0.717) is 49.1 Å². The third kappa shape index (κ3) is 5.41. The van der Waals surface area contributed by atoms with Gasteiger partial charge in [0.25, 0.3) is 5.91 Å². The van der Waals surface area contributed by atoms with Crippen molar-refractivity contribution in [1.82, 2.24) is 19.4 Å². The number of aromatic nitrogens is 2. The van der Waals surface area contributed by atoms with E-state index in [-0.39, 0.29) is 23.6 Å². The van der Waals surface area contributed by atoms with Crippen LogP contribution < -0.4 is 9.62 Å². The van der Waals surface area contributed by atoms with Gasteiger partial charge in [-0.25, -0.2) is 21.1 Å². The Hall–Kier alpha value is -2.18. The molecule has 0 unspecified atom stereocenters. The van der Waals surface area contributed by atoms with Gasteiger partial charge in [-0.2, -0.15) is 5.10 Å². The number of fused-ring (bicyclic) bond motifs is 1. The summed E-state index contributed by atoms with van der Waals surface area (Å²) in [4.78, 5) is 12.9. The monoisotopic (exact) mass is 485 g/mol. The molecule has 0 aliphatic carbocycles. The van der Waals surface area contributed by atoms with Crippen LogP contribution in [0.3, 0.4) is 0 Å². The summed E-state index contributed by atoms with van der Waals surface area (Å²) in [5, 5.41) is 7.95. The highest BCUT2D eigenvalue weighted by Gasteiger charge is 2.27. The molecule has 1 amide bonds. The molecule has 1 fully saturated rings. The van der Waals surface area contributed by atoms with Gasteiger partial charge in [-0.3, -0.25) is 13.8 Å². The minimum Gasteiger partial charge on any atom is -0.348 e. The number of anilines is 1. The Morgan fingerprint density at radius 2 is 1.81 bits per heavy atom. The van der Waals surface area contributed by atoms with E-state index in [9.17, 15) is 21.6 Å². The van der Waals surface area contributed by atoms with Gasteiger partial charge in [0.15, 0.2) is 5.69 Å². The van der Waals surface area contributed by atoms with Crippen LogP contribution in [0.1, 0.15) is 37.2 Å². The molecular formula is C20H31N5O5S2. The lowest BCUT2D eigenvalue weighted by Gasteiger charge is -2.30. The maximum absolute atomic E-state index is 12.9. The minimum atomic E-state index is -3.46. The van der Waals surface area contributed by atoms with E-state index in [1.807, 2.05) is 13.8 Å². The number of carbonyl (C=O) groups excluding carboxylic acids is 1. The maximum atomic E-state index is 12.9. The molecule has 12 heteroatoms. The molecular weight excluding hydrogens is 454 g/mol. The van der Waals surface area contributed by atoms with Gasteiger partial charge in [-0.15, -0.1) is 0 Å². The highest BCUT2D eigenvalue weighted by molar-refractivity contribution is 7.92. The zero-order valence-corrected chi connectivity index (χ0v) is 20.7. The highest BCUT2D eigenvalue weighted by Crippen LogP contribution is 2.27. The summed E-state index contributed by atoms with van der Waals surface area (Å²) in [5.41, 5.74) is 1.43. The lowest BCUT2D eigenvalue weighted by atomic mass is 10.1. The van der Waals surface area contributed by atoms with Crippen molar-refractivity contribution in [3.8, 4) is 0 Å². The molecule has 0 atom stereocenters. The highest BCUT2D eigenvalue weighted by atomic mass is 32.2. The topological polar surface area (TPSA) is 122 Å². The summed E-state index contributed by atoms with van der Waals surface area (Å²) in [6.45, 7) is 4.98. The Morgan fingerprint density at radius 3 is 2.34 bits per heavy atom. The van der Waals surface area contributed by atoms with E-state index >= 15 is 0 Å². The number of hydrogen-bond donors (Lipinski definition) is 1. The smallest absolute Gasteiger partial charge is 0.272 e. The fraction of sp³-hybridized carbons (Fsp3) is 0.600. The van der Waals surface area contributed by atoms with Crippen molar-refractivity contribution in [3.63, 3.8) is 0 Å². The van der Waals surface area contributed by atoms with E-state index in [1.54, 1.807) is 29.9 Å². The fourth-order valence-electron chi connectivity index (χ4n) is 3.92. The van der Waals surface area contributed by atoms with Crippen LogP contribution in [0.5, 0.6) is 0 Å². The van der Waals surface area contributed by atoms with Gasteiger partial charge >= 0.3 is 0 Å².